The Hall–Kier alpha value is -1.56. The van der Waals surface area contributed by atoms with E-state index >= 15 is 0 Å². The number of likely N-dealkylation sites (tertiary alicyclic amines) is 1. The van der Waals surface area contributed by atoms with E-state index in [1.165, 1.54) is 12.8 Å². The second-order valence-electron chi connectivity index (χ2n) is 5.91. The smallest absolute Gasteiger partial charge is 0.134 e. The van der Waals surface area contributed by atoms with E-state index in [-0.39, 0.29) is 6.10 Å². The third-order valence-electron chi connectivity index (χ3n) is 4.12. The van der Waals surface area contributed by atoms with Gasteiger partial charge in [-0.3, -0.25) is 0 Å². The molecule has 1 atom stereocenters. The Balaban J connectivity index is 1.48. The Bertz CT molecular complexity index is 605. The van der Waals surface area contributed by atoms with Crippen LogP contribution >= 0.6 is 0 Å². The van der Waals surface area contributed by atoms with Crippen LogP contribution in [0.25, 0.3) is 11.0 Å². The van der Waals surface area contributed by atoms with Gasteiger partial charge in [0.1, 0.15) is 17.1 Å². The van der Waals surface area contributed by atoms with Crippen LogP contribution < -0.4 is 10.1 Å². The fraction of sp³-hybridized carbons (Fsp3) is 0.529. The van der Waals surface area contributed by atoms with Gasteiger partial charge < -0.3 is 24.5 Å². The van der Waals surface area contributed by atoms with Crippen molar-refractivity contribution in [3.8, 4) is 5.75 Å². The molecule has 0 spiro atoms. The Morgan fingerprint density at radius 2 is 2.14 bits per heavy atom. The highest BCUT2D eigenvalue weighted by atomic mass is 16.5. The molecule has 3 rings (SSSR count). The number of β-amino-alcohol motifs (C(OH)–C–C–N with tert-alkyl or cyclic N) is 1. The van der Waals surface area contributed by atoms with E-state index in [0.29, 0.717) is 13.1 Å². The lowest BCUT2D eigenvalue weighted by Gasteiger charge is -2.19. The van der Waals surface area contributed by atoms with Crippen molar-refractivity contribution >= 4 is 11.0 Å². The van der Waals surface area contributed by atoms with Crippen molar-refractivity contribution in [2.24, 2.45) is 0 Å². The lowest BCUT2D eigenvalue weighted by atomic mass is 10.2. The second kappa shape index (κ2) is 7.13. The molecule has 0 amide bonds. The number of nitrogens with zero attached hydrogens (tertiary/aromatic N) is 1. The molecule has 0 aliphatic carbocycles. The molecule has 1 aromatic carbocycles. The third kappa shape index (κ3) is 3.80. The van der Waals surface area contributed by atoms with Gasteiger partial charge in [-0.05, 0) is 50.2 Å². The number of furan rings is 1. The molecule has 5 nitrogen and oxygen atoms in total. The maximum Gasteiger partial charge on any atom is 0.134 e. The number of rotatable bonds is 7. The van der Waals surface area contributed by atoms with Crippen molar-refractivity contribution in [3.63, 3.8) is 0 Å². The molecule has 0 bridgehead atoms. The zero-order chi connectivity index (χ0) is 15.4. The van der Waals surface area contributed by atoms with Crippen LogP contribution in [-0.4, -0.2) is 49.4 Å². The number of nitrogens with one attached hydrogen (secondary N) is 1. The van der Waals surface area contributed by atoms with Gasteiger partial charge in [-0.25, -0.2) is 0 Å². The average Bonchev–Trinajstić information content (AvgIpc) is 3.15. The van der Waals surface area contributed by atoms with Gasteiger partial charge >= 0.3 is 0 Å². The summed E-state index contributed by atoms with van der Waals surface area (Å²) >= 11 is 0. The lowest BCUT2D eigenvalue weighted by Crippen LogP contribution is -2.36. The van der Waals surface area contributed by atoms with Crippen LogP contribution in [0.3, 0.4) is 0 Å². The molecule has 2 N–H and O–H groups in total. The molecule has 1 saturated heterocycles. The first-order chi connectivity index (χ1) is 10.7. The number of hydrogen-bond acceptors (Lipinski definition) is 5. The van der Waals surface area contributed by atoms with Crippen molar-refractivity contribution in [1.29, 1.82) is 0 Å². The van der Waals surface area contributed by atoms with Gasteiger partial charge in [0.15, 0.2) is 0 Å². The molecule has 1 aromatic heterocycles. The summed E-state index contributed by atoms with van der Waals surface area (Å²) in [6.45, 7) is 4.18. The monoisotopic (exact) mass is 304 g/mol. The Morgan fingerprint density at radius 3 is 2.91 bits per heavy atom. The van der Waals surface area contributed by atoms with Gasteiger partial charge in [0.25, 0.3) is 0 Å². The van der Waals surface area contributed by atoms with E-state index in [0.717, 1.165) is 42.1 Å². The maximum absolute atomic E-state index is 10.0. The molecular weight excluding hydrogens is 280 g/mol. The number of aliphatic hydroxyl groups excluding tert-OH is 1. The van der Waals surface area contributed by atoms with Crippen molar-refractivity contribution in [3.05, 3.63) is 30.0 Å². The molecule has 2 aromatic rings. The quantitative estimate of drug-likeness (QED) is 0.819. The van der Waals surface area contributed by atoms with Gasteiger partial charge in [-0.2, -0.15) is 0 Å². The molecule has 1 aliphatic rings. The average molecular weight is 304 g/mol. The van der Waals surface area contributed by atoms with Crippen LogP contribution in [0.15, 0.2) is 28.7 Å². The van der Waals surface area contributed by atoms with Crippen molar-refractivity contribution in [1.82, 2.24) is 10.2 Å². The summed E-state index contributed by atoms with van der Waals surface area (Å²) in [5.41, 5.74) is 0.857. The van der Waals surface area contributed by atoms with Gasteiger partial charge in [0.2, 0.25) is 0 Å². The lowest BCUT2D eigenvalue weighted by molar-refractivity contribution is 0.123. The first-order valence-electron chi connectivity index (χ1n) is 7.92. The fourth-order valence-electron chi connectivity index (χ4n) is 2.98. The van der Waals surface area contributed by atoms with Crippen LogP contribution in [0.1, 0.15) is 18.6 Å². The largest absolute Gasteiger partial charge is 0.497 e. The predicted molar refractivity (Wildman–Crippen MR) is 86.2 cm³/mol. The van der Waals surface area contributed by atoms with E-state index in [1.54, 1.807) is 7.11 Å². The van der Waals surface area contributed by atoms with Crippen LogP contribution in [0.2, 0.25) is 0 Å². The van der Waals surface area contributed by atoms with E-state index in [1.807, 2.05) is 24.3 Å². The number of methoxy groups -OCH3 is 1. The Labute approximate surface area is 130 Å². The number of benzene rings is 1. The van der Waals surface area contributed by atoms with Gasteiger partial charge in [0.05, 0.1) is 19.8 Å². The molecule has 0 radical (unpaired) electrons. The van der Waals surface area contributed by atoms with Crippen molar-refractivity contribution < 1.29 is 14.3 Å². The Kier molecular flexibility index (Phi) is 4.97. The van der Waals surface area contributed by atoms with Crippen LogP contribution in [0, 0.1) is 0 Å². The maximum atomic E-state index is 10.0. The second-order valence-corrected chi connectivity index (χ2v) is 5.91. The summed E-state index contributed by atoms with van der Waals surface area (Å²) < 4.78 is 11.0. The topological polar surface area (TPSA) is 57.9 Å². The highest BCUT2D eigenvalue weighted by Crippen LogP contribution is 2.24. The first-order valence-corrected chi connectivity index (χ1v) is 7.92. The van der Waals surface area contributed by atoms with Crippen LogP contribution in [-0.2, 0) is 6.54 Å². The minimum absolute atomic E-state index is 0.331. The standard InChI is InChI=1S/C17H24N2O3/c1-21-15-4-5-17-13(8-15)9-16(22-17)11-18-10-14(20)12-19-6-2-3-7-19/h4-5,8-9,14,18,20H,2-3,6-7,10-12H2,1H3. The minimum Gasteiger partial charge on any atom is -0.497 e. The van der Waals surface area contributed by atoms with E-state index in [2.05, 4.69) is 10.2 Å². The molecule has 120 valence electrons. The summed E-state index contributed by atoms with van der Waals surface area (Å²) in [4.78, 5) is 2.32. The van der Waals surface area contributed by atoms with Crippen LogP contribution in [0.5, 0.6) is 5.75 Å². The molecule has 1 unspecified atom stereocenters. The number of aliphatic hydroxyl groups is 1. The fourth-order valence-corrected chi connectivity index (χ4v) is 2.98. The number of ether oxygens (including phenoxy) is 1. The molecule has 2 heterocycles. The molecule has 0 saturated carbocycles. The third-order valence-corrected chi connectivity index (χ3v) is 4.12. The van der Waals surface area contributed by atoms with Gasteiger partial charge in [-0.15, -0.1) is 0 Å². The van der Waals surface area contributed by atoms with Crippen LogP contribution in [0.4, 0.5) is 0 Å². The van der Waals surface area contributed by atoms with Gasteiger partial charge in [0, 0.05) is 18.5 Å². The molecule has 1 aliphatic heterocycles. The van der Waals surface area contributed by atoms with E-state index in [9.17, 15) is 5.11 Å². The summed E-state index contributed by atoms with van der Waals surface area (Å²) in [7, 11) is 1.66. The summed E-state index contributed by atoms with van der Waals surface area (Å²) in [5, 5.41) is 14.3. The van der Waals surface area contributed by atoms with Crippen molar-refractivity contribution in [2.75, 3.05) is 33.3 Å². The highest BCUT2D eigenvalue weighted by Gasteiger charge is 2.15. The summed E-state index contributed by atoms with van der Waals surface area (Å²) in [5.74, 6) is 1.70. The Morgan fingerprint density at radius 1 is 1.32 bits per heavy atom. The minimum atomic E-state index is -0.331. The molecular formula is C17H24N2O3. The zero-order valence-electron chi connectivity index (χ0n) is 13.0. The predicted octanol–water partition coefficient (Wildman–Crippen LogP) is 1.99. The zero-order valence-corrected chi connectivity index (χ0v) is 13.0. The van der Waals surface area contributed by atoms with Crippen molar-refractivity contribution in [2.45, 2.75) is 25.5 Å². The number of hydrogen-bond donors (Lipinski definition) is 2. The normalized spacial score (nSPS) is 17.2. The summed E-state index contributed by atoms with van der Waals surface area (Å²) in [6.07, 6.45) is 2.17. The number of fused-ring (bicyclic) bond motifs is 1. The molecule has 22 heavy (non-hydrogen) atoms. The molecule has 1 fully saturated rings. The van der Waals surface area contributed by atoms with E-state index in [4.69, 9.17) is 9.15 Å². The molecule has 5 heteroatoms. The highest BCUT2D eigenvalue weighted by molar-refractivity contribution is 5.79. The van der Waals surface area contributed by atoms with E-state index < -0.39 is 0 Å². The SMILES string of the molecule is COc1ccc2oc(CNCC(O)CN3CCCC3)cc2c1. The first kappa shape index (κ1) is 15.3. The van der Waals surface area contributed by atoms with Gasteiger partial charge in [-0.1, -0.05) is 0 Å². The summed E-state index contributed by atoms with van der Waals surface area (Å²) in [6, 6.07) is 7.78.